The molecule has 0 saturated carbocycles. The number of hydrogen-bond donors (Lipinski definition) is 2. The second kappa shape index (κ2) is 10.6. The van der Waals surface area contributed by atoms with E-state index in [1.54, 1.807) is 19.1 Å². The van der Waals surface area contributed by atoms with Gasteiger partial charge in [0.15, 0.2) is 5.75 Å². The van der Waals surface area contributed by atoms with E-state index in [0.717, 1.165) is 11.6 Å². The Morgan fingerprint density at radius 3 is 2.26 bits per heavy atom. The first kappa shape index (κ1) is 27.4. The first-order valence-corrected chi connectivity index (χ1v) is 12.8. The summed E-state index contributed by atoms with van der Waals surface area (Å²) in [7, 11) is -3.03. The summed E-state index contributed by atoms with van der Waals surface area (Å²) in [6.45, 7) is 1.80. The van der Waals surface area contributed by atoms with Crippen molar-refractivity contribution < 1.29 is 41.6 Å². The number of nitrogens with zero attached hydrogens (tertiary/aromatic N) is 1. The number of aryl methyl sites for hydroxylation is 1. The van der Waals surface area contributed by atoms with E-state index in [4.69, 9.17) is 25.6 Å². The van der Waals surface area contributed by atoms with Crippen molar-refractivity contribution in [2.75, 3.05) is 12.0 Å². The highest BCUT2D eigenvalue weighted by molar-refractivity contribution is 7.87. The predicted molar refractivity (Wildman–Crippen MR) is 139 cm³/mol. The van der Waals surface area contributed by atoms with Gasteiger partial charge in [0, 0.05) is 0 Å². The Balaban J connectivity index is 1.68. The van der Waals surface area contributed by atoms with Gasteiger partial charge in [-0.15, -0.1) is 0 Å². The third-order valence-electron chi connectivity index (χ3n) is 5.54. The summed E-state index contributed by atoms with van der Waals surface area (Å²) in [5.74, 6) is -3.58. The van der Waals surface area contributed by atoms with Crippen LogP contribution in [0.2, 0.25) is 5.02 Å². The Hall–Kier alpha value is -4.68. The summed E-state index contributed by atoms with van der Waals surface area (Å²) in [5.41, 5.74) is 0.521. The van der Waals surface area contributed by atoms with Crippen LogP contribution in [-0.2, 0) is 19.7 Å². The number of carboxylic acids is 1. The van der Waals surface area contributed by atoms with Crippen molar-refractivity contribution in [3.8, 4) is 11.5 Å². The molecule has 200 valence electrons. The number of carboxylic acid groups (broad SMARTS) is 1. The highest BCUT2D eigenvalue weighted by Crippen LogP contribution is 2.39. The van der Waals surface area contributed by atoms with Crippen LogP contribution in [0.15, 0.2) is 71.1 Å². The Bertz CT molecular complexity index is 1650. The van der Waals surface area contributed by atoms with Crippen molar-refractivity contribution in [3.63, 3.8) is 0 Å². The van der Waals surface area contributed by atoms with Crippen LogP contribution >= 0.6 is 11.6 Å². The zero-order valence-electron chi connectivity index (χ0n) is 20.3. The molecule has 0 aliphatic carbocycles. The van der Waals surface area contributed by atoms with Crippen molar-refractivity contribution in [2.24, 2.45) is 0 Å². The van der Waals surface area contributed by atoms with Crippen molar-refractivity contribution in [2.45, 2.75) is 11.8 Å². The zero-order chi connectivity index (χ0) is 28.5. The van der Waals surface area contributed by atoms with Crippen LogP contribution in [-0.4, -0.2) is 44.4 Å². The number of urea groups is 1. The van der Waals surface area contributed by atoms with Crippen LogP contribution in [0.4, 0.5) is 10.5 Å². The molecule has 0 radical (unpaired) electrons. The predicted octanol–water partition coefficient (Wildman–Crippen LogP) is 3.79. The van der Waals surface area contributed by atoms with Gasteiger partial charge in [-0.25, -0.2) is 14.5 Å². The number of aromatic carboxylic acids is 1. The molecule has 4 amide bonds. The number of anilines is 1. The summed E-state index contributed by atoms with van der Waals surface area (Å²) < 4.78 is 36.0. The molecule has 1 heterocycles. The first-order chi connectivity index (χ1) is 18.4. The van der Waals surface area contributed by atoms with Gasteiger partial charge in [0.05, 0.1) is 23.4 Å². The maximum Gasteiger partial charge on any atom is 0.339 e. The number of amides is 4. The molecule has 1 aliphatic rings. The second-order valence-electron chi connectivity index (χ2n) is 8.19. The molecule has 4 rings (SSSR count). The van der Waals surface area contributed by atoms with E-state index in [9.17, 15) is 27.6 Å². The number of rotatable bonds is 7. The second-order valence-corrected chi connectivity index (χ2v) is 10.1. The van der Waals surface area contributed by atoms with Gasteiger partial charge in [-0.1, -0.05) is 29.3 Å². The fraction of sp³-hybridized carbons (Fsp3) is 0.0769. The smallest absolute Gasteiger partial charge is 0.339 e. The number of halogens is 1. The molecular weight excluding hydrogens is 552 g/mol. The molecule has 0 atom stereocenters. The Morgan fingerprint density at radius 1 is 1.03 bits per heavy atom. The molecule has 2 N–H and O–H groups in total. The number of carbonyl (C=O) groups is 4. The van der Waals surface area contributed by atoms with Crippen LogP contribution in [0.3, 0.4) is 0 Å². The molecule has 1 saturated heterocycles. The maximum absolute atomic E-state index is 13.1. The molecule has 3 aromatic rings. The molecule has 0 unspecified atom stereocenters. The van der Waals surface area contributed by atoms with Gasteiger partial charge >= 0.3 is 22.1 Å². The summed E-state index contributed by atoms with van der Waals surface area (Å²) >= 11 is 6.31. The normalized spacial score (nSPS) is 14.8. The number of hydrogen-bond acceptors (Lipinski definition) is 8. The van der Waals surface area contributed by atoms with E-state index in [1.807, 2.05) is 5.32 Å². The molecule has 39 heavy (non-hydrogen) atoms. The monoisotopic (exact) mass is 570 g/mol. The highest BCUT2D eigenvalue weighted by atomic mass is 35.5. The van der Waals surface area contributed by atoms with E-state index >= 15 is 0 Å². The Kier molecular flexibility index (Phi) is 7.43. The van der Waals surface area contributed by atoms with E-state index in [0.29, 0.717) is 4.90 Å². The molecule has 1 aliphatic heterocycles. The largest absolute Gasteiger partial charge is 0.493 e. The van der Waals surface area contributed by atoms with Crippen LogP contribution in [0.25, 0.3) is 6.08 Å². The lowest BCUT2D eigenvalue weighted by Crippen LogP contribution is -2.54. The SMILES string of the molecule is COc1cc(/C=C2\C(=O)NC(=O)N(c3ccc(C(=O)O)cc3)C2=O)cc(Cl)c1OS(=O)(=O)c1ccc(C)cc1. The number of methoxy groups -OCH3 is 1. The van der Waals surface area contributed by atoms with E-state index in [1.165, 1.54) is 55.6 Å². The molecule has 13 heteroatoms. The standard InChI is InChI=1S/C26H19ClN2O9S/c1-14-3-9-18(10-4-14)39(35,36)38-22-20(27)12-15(13-21(22)37-2)11-19-23(30)28-26(34)29(24(19)31)17-7-5-16(6-8-17)25(32)33/h3-13H,1-2H3,(H,32,33)(H,28,30,34)/b19-11+. The summed E-state index contributed by atoms with van der Waals surface area (Å²) in [5, 5.41) is 10.9. The molecule has 0 spiro atoms. The molecular formula is C26H19ClN2O9S. The Morgan fingerprint density at radius 2 is 1.67 bits per heavy atom. The van der Waals surface area contributed by atoms with Gasteiger partial charge in [-0.2, -0.15) is 8.42 Å². The molecule has 3 aromatic carbocycles. The van der Waals surface area contributed by atoms with Gasteiger partial charge in [0.2, 0.25) is 5.75 Å². The topological polar surface area (TPSA) is 156 Å². The average Bonchev–Trinajstić information content (AvgIpc) is 2.88. The highest BCUT2D eigenvalue weighted by Gasteiger charge is 2.37. The maximum atomic E-state index is 13.1. The van der Waals surface area contributed by atoms with E-state index in [2.05, 4.69) is 0 Å². The first-order valence-electron chi connectivity index (χ1n) is 11.0. The third-order valence-corrected chi connectivity index (χ3v) is 7.06. The van der Waals surface area contributed by atoms with Gasteiger partial charge in [-0.05, 0) is 67.1 Å². The molecule has 11 nitrogen and oxygen atoms in total. The number of imide groups is 2. The zero-order valence-corrected chi connectivity index (χ0v) is 21.9. The Labute approximate surface area is 227 Å². The molecule has 0 bridgehead atoms. The lowest BCUT2D eigenvalue weighted by Gasteiger charge is -2.26. The van der Waals surface area contributed by atoms with Gasteiger partial charge in [0.1, 0.15) is 10.5 Å². The van der Waals surface area contributed by atoms with Crippen LogP contribution in [0.1, 0.15) is 21.5 Å². The van der Waals surface area contributed by atoms with Crippen molar-refractivity contribution in [3.05, 3.63) is 87.9 Å². The summed E-state index contributed by atoms with van der Waals surface area (Å²) in [6, 6.07) is 12.4. The van der Waals surface area contributed by atoms with Gasteiger partial charge in [-0.3, -0.25) is 14.9 Å². The number of nitrogens with one attached hydrogen (secondary N) is 1. The van der Waals surface area contributed by atoms with Crippen LogP contribution < -0.4 is 19.1 Å². The fourth-order valence-electron chi connectivity index (χ4n) is 3.58. The van der Waals surface area contributed by atoms with Crippen LogP contribution in [0.5, 0.6) is 11.5 Å². The number of ether oxygens (including phenoxy) is 1. The lowest BCUT2D eigenvalue weighted by molar-refractivity contribution is -0.122. The van der Waals surface area contributed by atoms with Gasteiger partial charge < -0.3 is 14.0 Å². The minimum Gasteiger partial charge on any atom is -0.493 e. The lowest BCUT2D eigenvalue weighted by atomic mass is 10.1. The van der Waals surface area contributed by atoms with E-state index in [-0.39, 0.29) is 38.2 Å². The molecule has 0 aromatic heterocycles. The minimum absolute atomic E-state index is 0.0292. The minimum atomic E-state index is -4.27. The average molecular weight is 571 g/mol. The fourth-order valence-corrected chi connectivity index (χ4v) is 4.84. The quantitative estimate of drug-likeness (QED) is 0.245. The van der Waals surface area contributed by atoms with Crippen molar-refractivity contribution in [1.29, 1.82) is 0 Å². The number of carbonyl (C=O) groups excluding carboxylic acids is 3. The van der Waals surface area contributed by atoms with Crippen molar-refractivity contribution in [1.82, 2.24) is 5.32 Å². The number of barbiturate groups is 1. The summed E-state index contributed by atoms with van der Waals surface area (Å²) in [4.78, 5) is 49.7. The van der Waals surface area contributed by atoms with E-state index < -0.39 is 39.5 Å². The van der Waals surface area contributed by atoms with Crippen molar-refractivity contribution >= 4 is 57.3 Å². The molecule has 1 fully saturated rings. The van der Waals surface area contributed by atoms with Gasteiger partial charge in [0.25, 0.3) is 11.8 Å². The summed E-state index contributed by atoms with van der Waals surface area (Å²) in [6.07, 6.45) is 1.13. The van der Waals surface area contributed by atoms with Crippen LogP contribution in [0, 0.1) is 6.92 Å². The number of benzene rings is 3. The third kappa shape index (κ3) is 5.61.